The summed E-state index contributed by atoms with van der Waals surface area (Å²) in [5.74, 6) is 0. The molecule has 0 amide bonds. The first kappa shape index (κ1) is 14.2. The average Bonchev–Trinajstić information content (AvgIpc) is 2.43. The normalized spacial score (nSPS) is 23.6. The Morgan fingerprint density at radius 1 is 1.19 bits per heavy atom. The molecular formula is C16H21N3O2. The highest BCUT2D eigenvalue weighted by Crippen LogP contribution is 2.14. The molecule has 2 aromatic rings. The number of fused-ring (bicyclic) bond motifs is 1. The third-order valence-electron chi connectivity index (χ3n) is 3.88. The molecule has 0 bridgehead atoms. The fourth-order valence-electron chi connectivity index (χ4n) is 3.09. The Morgan fingerprint density at radius 2 is 1.81 bits per heavy atom. The second-order valence-electron chi connectivity index (χ2n) is 5.87. The lowest BCUT2D eigenvalue weighted by Gasteiger charge is -2.35. The molecule has 1 aliphatic heterocycles. The molecule has 3 rings (SSSR count). The van der Waals surface area contributed by atoms with Crippen molar-refractivity contribution >= 4 is 10.8 Å². The summed E-state index contributed by atoms with van der Waals surface area (Å²) in [6.45, 7) is 8.23. The third kappa shape index (κ3) is 2.84. The van der Waals surface area contributed by atoms with Crippen molar-refractivity contribution in [3.05, 3.63) is 40.3 Å². The molecule has 1 fully saturated rings. The van der Waals surface area contributed by atoms with Gasteiger partial charge in [0.2, 0.25) is 0 Å². The molecule has 2 atom stereocenters. The van der Waals surface area contributed by atoms with Gasteiger partial charge in [-0.3, -0.25) is 9.69 Å². The molecule has 0 N–H and O–H groups in total. The van der Waals surface area contributed by atoms with E-state index in [1.54, 1.807) is 4.68 Å². The average molecular weight is 287 g/mol. The first-order valence-corrected chi connectivity index (χ1v) is 7.39. The lowest BCUT2D eigenvalue weighted by Crippen LogP contribution is -2.47. The Bertz CT molecular complexity index is 700. The molecule has 1 saturated heterocycles. The predicted molar refractivity (Wildman–Crippen MR) is 82.3 cm³/mol. The Balaban J connectivity index is 1.94. The van der Waals surface area contributed by atoms with Gasteiger partial charge in [-0.25, -0.2) is 4.68 Å². The van der Waals surface area contributed by atoms with Crippen LogP contribution in [-0.2, 0) is 11.4 Å². The van der Waals surface area contributed by atoms with Gasteiger partial charge in [-0.2, -0.15) is 5.10 Å². The fourth-order valence-corrected chi connectivity index (χ4v) is 3.09. The van der Waals surface area contributed by atoms with Gasteiger partial charge in [0, 0.05) is 18.5 Å². The summed E-state index contributed by atoms with van der Waals surface area (Å²) < 4.78 is 7.30. The second kappa shape index (κ2) is 5.58. The van der Waals surface area contributed by atoms with Crippen molar-refractivity contribution < 1.29 is 4.74 Å². The van der Waals surface area contributed by atoms with E-state index in [-0.39, 0.29) is 17.8 Å². The molecule has 1 aliphatic rings. The molecule has 21 heavy (non-hydrogen) atoms. The Morgan fingerprint density at radius 3 is 2.48 bits per heavy atom. The first-order valence-electron chi connectivity index (χ1n) is 7.39. The van der Waals surface area contributed by atoms with Crippen LogP contribution < -0.4 is 5.56 Å². The Labute approximate surface area is 124 Å². The van der Waals surface area contributed by atoms with Crippen LogP contribution >= 0.6 is 0 Å². The SMILES string of the molecule is Cc1nn(CN2C[C@H](C)O[C@@H](C)C2)c(=O)c2ccccc12. The third-order valence-corrected chi connectivity index (χ3v) is 3.88. The predicted octanol–water partition coefficient (Wildman–Crippen LogP) is 1.77. The van der Waals surface area contributed by atoms with Crippen molar-refractivity contribution in [3.63, 3.8) is 0 Å². The van der Waals surface area contributed by atoms with Crippen LogP contribution in [0.15, 0.2) is 29.1 Å². The second-order valence-corrected chi connectivity index (χ2v) is 5.87. The summed E-state index contributed by atoms with van der Waals surface area (Å²) in [6, 6.07) is 7.65. The Hall–Kier alpha value is -1.72. The number of aromatic nitrogens is 2. The molecule has 1 aromatic heterocycles. The molecule has 5 heteroatoms. The minimum Gasteiger partial charge on any atom is -0.373 e. The molecular weight excluding hydrogens is 266 g/mol. The van der Waals surface area contributed by atoms with Crippen LogP contribution in [0.4, 0.5) is 0 Å². The zero-order valence-electron chi connectivity index (χ0n) is 12.7. The maximum Gasteiger partial charge on any atom is 0.275 e. The number of ether oxygens (including phenoxy) is 1. The van der Waals surface area contributed by atoms with Crippen LogP contribution in [0, 0.1) is 6.92 Å². The molecule has 0 radical (unpaired) electrons. The maximum absolute atomic E-state index is 12.6. The maximum atomic E-state index is 12.6. The number of hydrogen-bond acceptors (Lipinski definition) is 4. The van der Waals surface area contributed by atoms with E-state index in [1.165, 1.54) is 0 Å². The molecule has 5 nitrogen and oxygen atoms in total. The molecule has 2 heterocycles. The summed E-state index contributed by atoms with van der Waals surface area (Å²) in [4.78, 5) is 14.8. The van der Waals surface area contributed by atoms with Crippen molar-refractivity contribution in [2.24, 2.45) is 0 Å². The highest BCUT2D eigenvalue weighted by molar-refractivity contribution is 5.83. The topological polar surface area (TPSA) is 47.4 Å². The van der Waals surface area contributed by atoms with Crippen LogP contribution in [-0.4, -0.2) is 40.0 Å². The van der Waals surface area contributed by atoms with Gasteiger partial charge in [0.25, 0.3) is 5.56 Å². The van der Waals surface area contributed by atoms with Crippen molar-refractivity contribution in [3.8, 4) is 0 Å². The van der Waals surface area contributed by atoms with Gasteiger partial charge >= 0.3 is 0 Å². The summed E-state index contributed by atoms with van der Waals surface area (Å²) in [5.41, 5.74) is 0.863. The van der Waals surface area contributed by atoms with E-state index in [9.17, 15) is 4.79 Å². The number of hydrogen-bond donors (Lipinski definition) is 0. The Kier molecular flexibility index (Phi) is 3.78. The van der Waals surface area contributed by atoms with E-state index in [2.05, 4.69) is 23.8 Å². The fraction of sp³-hybridized carbons (Fsp3) is 0.500. The molecule has 0 saturated carbocycles. The summed E-state index contributed by atoms with van der Waals surface area (Å²) in [7, 11) is 0. The lowest BCUT2D eigenvalue weighted by atomic mass is 10.1. The largest absolute Gasteiger partial charge is 0.373 e. The zero-order chi connectivity index (χ0) is 15.0. The van der Waals surface area contributed by atoms with Gasteiger partial charge in [-0.15, -0.1) is 0 Å². The van der Waals surface area contributed by atoms with E-state index in [0.717, 1.165) is 29.6 Å². The van der Waals surface area contributed by atoms with Crippen molar-refractivity contribution in [1.82, 2.24) is 14.7 Å². The van der Waals surface area contributed by atoms with E-state index in [0.29, 0.717) is 6.67 Å². The standard InChI is InChI=1S/C16H21N3O2/c1-11-8-18(9-12(2)21-11)10-19-16(20)15-7-5-4-6-14(15)13(3)17-19/h4-7,11-12H,8-10H2,1-3H3/t11-,12-/m0/s1. The number of morpholine rings is 1. The van der Waals surface area contributed by atoms with Gasteiger partial charge in [0.15, 0.2) is 0 Å². The van der Waals surface area contributed by atoms with Crippen LogP contribution in [0.1, 0.15) is 19.5 Å². The highest BCUT2D eigenvalue weighted by Gasteiger charge is 2.23. The van der Waals surface area contributed by atoms with Gasteiger partial charge in [0.1, 0.15) is 0 Å². The minimum atomic E-state index is -0.0250. The molecule has 112 valence electrons. The number of nitrogens with zero attached hydrogens (tertiary/aromatic N) is 3. The smallest absolute Gasteiger partial charge is 0.275 e. The minimum absolute atomic E-state index is 0.0250. The monoisotopic (exact) mass is 287 g/mol. The van der Waals surface area contributed by atoms with Crippen molar-refractivity contribution in [1.29, 1.82) is 0 Å². The quantitative estimate of drug-likeness (QED) is 0.844. The van der Waals surface area contributed by atoms with Crippen LogP contribution in [0.5, 0.6) is 0 Å². The van der Waals surface area contributed by atoms with Crippen molar-refractivity contribution in [2.45, 2.75) is 39.6 Å². The number of rotatable bonds is 2. The van der Waals surface area contributed by atoms with Crippen LogP contribution in [0.3, 0.4) is 0 Å². The lowest BCUT2D eigenvalue weighted by molar-refractivity contribution is -0.0779. The summed E-state index contributed by atoms with van der Waals surface area (Å²) in [6.07, 6.45) is 0.372. The van der Waals surface area contributed by atoms with Gasteiger partial charge < -0.3 is 4.74 Å². The van der Waals surface area contributed by atoms with Crippen molar-refractivity contribution in [2.75, 3.05) is 13.1 Å². The molecule has 0 aliphatic carbocycles. The number of aryl methyl sites for hydroxylation is 1. The zero-order valence-corrected chi connectivity index (χ0v) is 12.7. The summed E-state index contributed by atoms with van der Waals surface area (Å²) in [5, 5.41) is 6.14. The van der Waals surface area contributed by atoms with Crippen LogP contribution in [0.25, 0.3) is 10.8 Å². The number of benzene rings is 1. The van der Waals surface area contributed by atoms with E-state index in [4.69, 9.17) is 4.74 Å². The first-order chi connectivity index (χ1) is 10.0. The van der Waals surface area contributed by atoms with Gasteiger partial charge in [-0.1, -0.05) is 18.2 Å². The van der Waals surface area contributed by atoms with E-state index < -0.39 is 0 Å². The summed E-state index contributed by atoms with van der Waals surface area (Å²) >= 11 is 0. The van der Waals surface area contributed by atoms with Crippen LogP contribution in [0.2, 0.25) is 0 Å². The highest BCUT2D eigenvalue weighted by atomic mass is 16.5. The molecule has 0 spiro atoms. The van der Waals surface area contributed by atoms with Gasteiger partial charge in [-0.05, 0) is 26.8 Å². The molecule has 1 aromatic carbocycles. The molecule has 0 unspecified atom stereocenters. The van der Waals surface area contributed by atoms with E-state index in [1.807, 2.05) is 31.2 Å². The van der Waals surface area contributed by atoms with E-state index >= 15 is 0 Å². The van der Waals surface area contributed by atoms with Gasteiger partial charge in [0.05, 0.1) is 30.0 Å².